The molecule has 0 unspecified atom stereocenters. The van der Waals surface area contributed by atoms with Crippen molar-refractivity contribution in [2.45, 2.75) is 25.4 Å². The van der Waals surface area contributed by atoms with Crippen molar-refractivity contribution in [2.24, 2.45) is 0 Å². The van der Waals surface area contributed by atoms with Gasteiger partial charge >= 0.3 is 0 Å². The first-order valence-electron chi connectivity index (χ1n) is 7.42. The molecule has 0 radical (unpaired) electrons. The van der Waals surface area contributed by atoms with Gasteiger partial charge in [0.15, 0.2) is 0 Å². The smallest absolute Gasteiger partial charge is 0.230 e. The second-order valence-corrected chi connectivity index (χ2v) is 5.52. The molecule has 0 aromatic carbocycles. The maximum atomic E-state index is 11.3. The molecule has 1 amide bonds. The van der Waals surface area contributed by atoms with Crippen LogP contribution in [0.3, 0.4) is 0 Å². The number of likely N-dealkylation sites (tertiary alicyclic amines) is 1. The Morgan fingerprint density at radius 1 is 1.36 bits per heavy atom. The van der Waals surface area contributed by atoms with E-state index in [1.165, 1.54) is 0 Å². The number of halogens is 1. The molecular formula is C15H22ClN3O3. The fraction of sp³-hybridized carbons (Fsp3) is 0.600. The molecule has 1 saturated heterocycles. The highest BCUT2D eigenvalue weighted by Gasteiger charge is 2.23. The minimum absolute atomic E-state index is 0. The number of pyridine rings is 1. The van der Waals surface area contributed by atoms with Gasteiger partial charge < -0.3 is 19.7 Å². The van der Waals surface area contributed by atoms with E-state index in [1.807, 2.05) is 12.1 Å². The Labute approximate surface area is 136 Å². The fourth-order valence-corrected chi connectivity index (χ4v) is 2.78. The van der Waals surface area contributed by atoms with Gasteiger partial charge in [-0.15, -0.1) is 12.4 Å². The highest BCUT2D eigenvalue weighted by atomic mass is 35.5. The van der Waals surface area contributed by atoms with Crippen molar-refractivity contribution >= 4 is 24.0 Å². The predicted molar refractivity (Wildman–Crippen MR) is 85.8 cm³/mol. The van der Waals surface area contributed by atoms with Crippen LogP contribution in [0.25, 0.3) is 0 Å². The molecule has 1 aromatic heterocycles. The van der Waals surface area contributed by atoms with E-state index in [2.05, 4.69) is 15.2 Å². The van der Waals surface area contributed by atoms with Crippen molar-refractivity contribution in [3.8, 4) is 5.88 Å². The molecule has 1 aromatic rings. The summed E-state index contributed by atoms with van der Waals surface area (Å²) >= 11 is 0. The van der Waals surface area contributed by atoms with E-state index in [1.54, 1.807) is 7.11 Å². The Balaban J connectivity index is 0.00000176. The van der Waals surface area contributed by atoms with E-state index >= 15 is 0 Å². The minimum atomic E-state index is 0. The van der Waals surface area contributed by atoms with Gasteiger partial charge in [0, 0.05) is 32.8 Å². The van der Waals surface area contributed by atoms with Crippen molar-refractivity contribution in [3.63, 3.8) is 0 Å². The first-order valence-corrected chi connectivity index (χ1v) is 7.42. The zero-order valence-electron chi connectivity index (χ0n) is 12.7. The van der Waals surface area contributed by atoms with Gasteiger partial charge in [0.05, 0.1) is 24.4 Å². The number of amides is 1. The van der Waals surface area contributed by atoms with Crippen LogP contribution in [0.15, 0.2) is 12.1 Å². The largest absolute Gasteiger partial charge is 0.474 e. The van der Waals surface area contributed by atoms with Crippen molar-refractivity contribution in [1.82, 2.24) is 9.88 Å². The molecule has 3 heterocycles. The van der Waals surface area contributed by atoms with Crippen LogP contribution in [-0.4, -0.2) is 55.2 Å². The van der Waals surface area contributed by atoms with Gasteiger partial charge in [-0.25, -0.2) is 4.98 Å². The number of aromatic nitrogens is 1. The standard InChI is InChI=1S/C15H21N3O3.ClH/c1-20-9-8-18-6-4-11(5-7-18)21-15-3-2-12-13(17-15)10-14(19)16-12;/h2-3,11H,4-10H2,1H3,(H,16,19);1H. The fourth-order valence-electron chi connectivity index (χ4n) is 2.78. The zero-order chi connectivity index (χ0) is 14.7. The third kappa shape index (κ3) is 4.09. The first-order chi connectivity index (χ1) is 10.2. The van der Waals surface area contributed by atoms with Crippen LogP contribution < -0.4 is 10.1 Å². The summed E-state index contributed by atoms with van der Waals surface area (Å²) in [6.45, 7) is 3.81. The van der Waals surface area contributed by atoms with E-state index in [0.29, 0.717) is 12.3 Å². The quantitative estimate of drug-likeness (QED) is 0.887. The van der Waals surface area contributed by atoms with Gasteiger partial charge in [0.2, 0.25) is 11.8 Å². The lowest BCUT2D eigenvalue weighted by Crippen LogP contribution is -2.39. The number of nitrogens with one attached hydrogen (secondary N) is 1. The first kappa shape index (κ1) is 17.0. The summed E-state index contributed by atoms with van der Waals surface area (Å²) in [5.74, 6) is 0.627. The summed E-state index contributed by atoms with van der Waals surface area (Å²) in [7, 11) is 1.73. The molecule has 1 fully saturated rings. The number of carbonyl (C=O) groups is 1. The van der Waals surface area contributed by atoms with Crippen LogP contribution in [0.5, 0.6) is 5.88 Å². The average molecular weight is 328 g/mol. The number of methoxy groups -OCH3 is 1. The van der Waals surface area contributed by atoms with E-state index in [0.717, 1.165) is 50.5 Å². The highest BCUT2D eigenvalue weighted by Crippen LogP contribution is 2.25. The number of fused-ring (bicyclic) bond motifs is 1. The third-order valence-corrected chi connectivity index (χ3v) is 3.98. The molecule has 6 nitrogen and oxygen atoms in total. The van der Waals surface area contributed by atoms with E-state index in [4.69, 9.17) is 9.47 Å². The van der Waals surface area contributed by atoms with Gasteiger partial charge in [0.25, 0.3) is 0 Å². The van der Waals surface area contributed by atoms with E-state index in [-0.39, 0.29) is 24.4 Å². The average Bonchev–Trinajstić information content (AvgIpc) is 2.86. The molecule has 0 bridgehead atoms. The predicted octanol–water partition coefficient (Wildman–Crippen LogP) is 1.49. The Kier molecular flexibility index (Phi) is 5.99. The lowest BCUT2D eigenvalue weighted by molar-refractivity contribution is -0.115. The molecule has 1 N–H and O–H groups in total. The van der Waals surface area contributed by atoms with Crippen molar-refractivity contribution in [2.75, 3.05) is 38.7 Å². The zero-order valence-corrected chi connectivity index (χ0v) is 13.5. The van der Waals surface area contributed by atoms with Gasteiger partial charge in [0.1, 0.15) is 6.10 Å². The number of hydrogen-bond acceptors (Lipinski definition) is 5. The summed E-state index contributed by atoms with van der Waals surface area (Å²) < 4.78 is 11.1. The molecule has 7 heteroatoms. The lowest BCUT2D eigenvalue weighted by Gasteiger charge is -2.31. The number of ether oxygens (including phenoxy) is 2. The second-order valence-electron chi connectivity index (χ2n) is 5.52. The number of anilines is 1. The molecule has 0 atom stereocenters. The maximum Gasteiger partial charge on any atom is 0.230 e. The maximum absolute atomic E-state index is 11.3. The Morgan fingerprint density at radius 3 is 2.86 bits per heavy atom. The van der Waals surface area contributed by atoms with Crippen LogP contribution in [0.1, 0.15) is 18.5 Å². The summed E-state index contributed by atoms with van der Waals surface area (Å²) in [6, 6.07) is 3.71. The number of rotatable bonds is 5. The second kappa shape index (κ2) is 7.76. The van der Waals surface area contributed by atoms with Crippen LogP contribution in [0, 0.1) is 0 Å². The SMILES string of the molecule is COCCN1CCC(Oc2ccc3c(n2)CC(=O)N3)CC1.Cl. The molecule has 3 rings (SSSR count). The van der Waals surface area contributed by atoms with E-state index in [9.17, 15) is 4.79 Å². The van der Waals surface area contributed by atoms with Crippen molar-refractivity contribution < 1.29 is 14.3 Å². The number of hydrogen-bond donors (Lipinski definition) is 1. The van der Waals surface area contributed by atoms with Crippen LogP contribution in [0.4, 0.5) is 5.69 Å². The molecular weight excluding hydrogens is 306 g/mol. The van der Waals surface area contributed by atoms with Crippen LogP contribution >= 0.6 is 12.4 Å². The molecule has 122 valence electrons. The molecule has 0 saturated carbocycles. The topological polar surface area (TPSA) is 63.7 Å². The number of nitrogens with zero attached hydrogens (tertiary/aromatic N) is 2. The van der Waals surface area contributed by atoms with Gasteiger partial charge in [-0.3, -0.25) is 4.79 Å². The van der Waals surface area contributed by atoms with E-state index < -0.39 is 0 Å². The summed E-state index contributed by atoms with van der Waals surface area (Å²) in [5, 5.41) is 2.78. The molecule has 0 spiro atoms. The summed E-state index contributed by atoms with van der Waals surface area (Å²) in [5.41, 5.74) is 1.59. The Bertz CT molecular complexity index is 519. The van der Waals surface area contributed by atoms with Crippen LogP contribution in [0.2, 0.25) is 0 Å². The monoisotopic (exact) mass is 327 g/mol. The molecule has 0 aliphatic carbocycles. The van der Waals surface area contributed by atoms with Crippen molar-refractivity contribution in [3.05, 3.63) is 17.8 Å². The molecule has 22 heavy (non-hydrogen) atoms. The van der Waals surface area contributed by atoms with Crippen molar-refractivity contribution in [1.29, 1.82) is 0 Å². The van der Waals surface area contributed by atoms with Gasteiger partial charge in [-0.1, -0.05) is 0 Å². The lowest BCUT2D eigenvalue weighted by atomic mass is 10.1. The molecule has 2 aliphatic rings. The number of piperidine rings is 1. The normalized spacial score (nSPS) is 18.5. The summed E-state index contributed by atoms with van der Waals surface area (Å²) in [6.07, 6.45) is 2.56. The van der Waals surface area contributed by atoms with Gasteiger partial charge in [-0.2, -0.15) is 0 Å². The van der Waals surface area contributed by atoms with Gasteiger partial charge in [-0.05, 0) is 18.9 Å². The third-order valence-electron chi connectivity index (χ3n) is 3.98. The Hall–Kier alpha value is -1.37. The highest BCUT2D eigenvalue weighted by molar-refractivity contribution is 5.98. The molecule has 2 aliphatic heterocycles. The number of carbonyl (C=O) groups excluding carboxylic acids is 1. The summed E-state index contributed by atoms with van der Waals surface area (Å²) in [4.78, 5) is 18.1. The van der Waals surface area contributed by atoms with Crippen LogP contribution in [-0.2, 0) is 16.0 Å². The minimum Gasteiger partial charge on any atom is -0.474 e. The Morgan fingerprint density at radius 2 is 2.14 bits per heavy atom.